The molecule has 150 valence electrons. The summed E-state index contributed by atoms with van der Waals surface area (Å²) in [6.07, 6.45) is 1.73. The van der Waals surface area contributed by atoms with Crippen LogP contribution in [0.5, 0.6) is 17.2 Å². The quantitative estimate of drug-likeness (QED) is 0.632. The van der Waals surface area contributed by atoms with Gasteiger partial charge in [0.2, 0.25) is 5.75 Å². The van der Waals surface area contributed by atoms with Gasteiger partial charge in [0.25, 0.3) is 0 Å². The Kier molecular flexibility index (Phi) is 6.52. The fraction of sp³-hybridized carbons (Fsp3) is 0.182. The molecule has 2 N–H and O–H groups in total. The van der Waals surface area contributed by atoms with Crippen molar-refractivity contribution in [3.8, 4) is 28.5 Å². The van der Waals surface area contributed by atoms with Crippen LogP contribution in [0, 0.1) is 0 Å². The van der Waals surface area contributed by atoms with Gasteiger partial charge in [-0.15, -0.1) is 0 Å². The molecule has 0 aliphatic rings. The van der Waals surface area contributed by atoms with Crippen LogP contribution in [0.15, 0.2) is 60.8 Å². The highest BCUT2D eigenvalue weighted by molar-refractivity contribution is 5.90. The van der Waals surface area contributed by atoms with E-state index >= 15 is 0 Å². The SMILES string of the molecule is COc1cc(NC(=O)NCc2ccnc(-c3ccccc3)c2)cc(OC)c1OC. The third-order valence-electron chi connectivity index (χ3n) is 4.27. The highest BCUT2D eigenvalue weighted by Crippen LogP contribution is 2.39. The van der Waals surface area contributed by atoms with Gasteiger partial charge in [0.15, 0.2) is 11.5 Å². The summed E-state index contributed by atoms with van der Waals surface area (Å²) in [5, 5.41) is 5.62. The van der Waals surface area contributed by atoms with Crippen molar-refractivity contribution in [3.05, 3.63) is 66.4 Å². The minimum absolute atomic E-state index is 0.350. The minimum atomic E-state index is -0.350. The first-order valence-electron chi connectivity index (χ1n) is 8.99. The highest BCUT2D eigenvalue weighted by atomic mass is 16.5. The van der Waals surface area contributed by atoms with E-state index < -0.39 is 0 Å². The van der Waals surface area contributed by atoms with Crippen LogP contribution in [0.3, 0.4) is 0 Å². The number of nitrogens with one attached hydrogen (secondary N) is 2. The second-order valence-electron chi connectivity index (χ2n) is 6.14. The summed E-state index contributed by atoms with van der Waals surface area (Å²) in [6, 6.07) is 16.7. The number of nitrogens with zero attached hydrogens (tertiary/aromatic N) is 1. The van der Waals surface area contributed by atoms with Crippen molar-refractivity contribution in [2.75, 3.05) is 26.6 Å². The molecule has 2 aromatic carbocycles. The first-order valence-corrected chi connectivity index (χ1v) is 8.99. The van der Waals surface area contributed by atoms with Crippen molar-refractivity contribution in [3.63, 3.8) is 0 Å². The van der Waals surface area contributed by atoms with Crippen LogP contribution in [0.4, 0.5) is 10.5 Å². The zero-order valence-corrected chi connectivity index (χ0v) is 16.6. The van der Waals surface area contributed by atoms with Gasteiger partial charge in [0, 0.05) is 30.4 Å². The van der Waals surface area contributed by atoms with Gasteiger partial charge in [-0.2, -0.15) is 0 Å². The highest BCUT2D eigenvalue weighted by Gasteiger charge is 2.14. The van der Waals surface area contributed by atoms with Gasteiger partial charge in [0.1, 0.15) is 0 Å². The van der Waals surface area contributed by atoms with Crippen LogP contribution in [0.25, 0.3) is 11.3 Å². The van der Waals surface area contributed by atoms with Crippen LogP contribution in [0.2, 0.25) is 0 Å². The molecule has 0 saturated heterocycles. The molecule has 0 unspecified atom stereocenters. The lowest BCUT2D eigenvalue weighted by Gasteiger charge is -2.15. The Morgan fingerprint density at radius 3 is 2.24 bits per heavy atom. The number of rotatable bonds is 7. The third kappa shape index (κ3) is 4.95. The van der Waals surface area contributed by atoms with E-state index in [1.165, 1.54) is 21.3 Å². The molecule has 0 saturated carbocycles. The number of anilines is 1. The first kappa shape index (κ1) is 20.0. The smallest absolute Gasteiger partial charge is 0.319 e. The molecule has 1 aromatic heterocycles. The summed E-state index contributed by atoms with van der Waals surface area (Å²) >= 11 is 0. The summed E-state index contributed by atoms with van der Waals surface area (Å²) in [4.78, 5) is 16.7. The van der Waals surface area contributed by atoms with E-state index in [0.29, 0.717) is 29.5 Å². The van der Waals surface area contributed by atoms with E-state index in [4.69, 9.17) is 14.2 Å². The summed E-state index contributed by atoms with van der Waals surface area (Å²) in [5.74, 6) is 1.39. The third-order valence-corrected chi connectivity index (χ3v) is 4.27. The van der Waals surface area contributed by atoms with Gasteiger partial charge < -0.3 is 24.8 Å². The van der Waals surface area contributed by atoms with Crippen LogP contribution >= 0.6 is 0 Å². The lowest BCUT2D eigenvalue weighted by atomic mass is 10.1. The molecule has 0 atom stereocenters. The predicted octanol–water partition coefficient (Wildman–Crippen LogP) is 4.10. The Labute approximate surface area is 169 Å². The maximum atomic E-state index is 12.3. The number of carbonyl (C=O) groups is 1. The molecule has 0 spiro atoms. The van der Waals surface area contributed by atoms with Crippen LogP contribution < -0.4 is 24.8 Å². The van der Waals surface area contributed by atoms with Crippen LogP contribution in [-0.4, -0.2) is 32.3 Å². The molecule has 7 nitrogen and oxygen atoms in total. The van der Waals surface area contributed by atoms with Gasteiger partial charge in [-0.1, -0.05) is 30.3 Å². The Bertz CT molecular complexity index is 952. The lowest BCUT2D eigenvalue weighted by Crippen LogP contribution is -2.28. The van der Waals surface area contributed by atoms with E-state index in [-0.39, 0.29) is 6.03 Å². The van der Waals surface area contributed by atoms with E-state index in [0.717, 1.165) is 16.8 Å². The summed E-state index contributed by atoms with van der Waals surface area (Å²) in [7, 11) is 4.57. The van der Waals surface area contributed by atoms with Crippen molar-refractivity contribution >= 4 is 11.7 Å². The molecular weight excluding hydrogens is 370 g/mol. The maximum Gasteiger partial charge on any atom is 0.319 e. The molecule has 7 heteroatoms. The zero-order valence-electron chi connectivity index (χ0n) is 16.6. The average Bonchev–Trinajstić information content (AvgIpc) is 2.77. The lowest BCUT2D eigenvalue weighted by molar-refractivity contribution is 0.251. The van der Waals surface area contributed by atoms with E-state index in [2.05, 4.69) is 15.6 Å². The minimum Gasteiger partial charge on any atom is -0.493 e. The molecule has 3 aromatic rings. The largest absolute Gasteiger partial charge is 0.493 e. The molecule has 29 heavy (non-hydrogen) atoms. The Morgan fingerprint density at radius 1 is 0.931 bits per heavy atom. The molecule has 0 aliphatic heterocycles. The molecule has 0 fully saturated rings. The number of hydrogen-bond acceptors (Lipinski definition) is 5. The molecule has 3 rings (SSSR count). The standard InChI is InChI=1S/C22H23N3O4/c1-27-19-12-17(13-20(28-2)21(19)29-3)25-22(26)24-14-15-9-10-23-18(11-15)16-7-5-4-6-8-16/h4-13H,14H2,1-3H3,(H2,24,25,26). The van der Waals surface area contributed by atoms with E-state index in [1.807, 2.05) is 42.5 Å². The fourth-order valence-electron chi connectivity index (χ4n) is 2.86. The number of carbonyl (C=O) groups excluding carboxylic acids is 1. The van der Waals surface area contributed by atoms with Gasteiger partial charge in [0.05, 0.1) is 32.7 Å². The van der Waals surface area contributed by atoms with Crippen molar-refractivity contribution in [1.29, 1.82) is 0 Å². The Morgan fingerprint density at radius 2 is 1.62 bits per heavy atom. The maximum absolute atomic E-state index is 12.3. The Hall–Kier alpha value is -3.74. The van der Waals surface area contributed by atoms with Gasteiger partial charge in [-0.05, 0) is 17.7 Å². The predicted molar refractivity (Wildman–Crippen MR) is 112 cm³/mol. The number of aromatic nitrogens is 1. The summed E-state index contributed by atoms with van der Waals surface area (Å²) < 4.78 is 15.9. The number of pyridine rings is 1. The van der Waals surface area contributed by atoms with E-state index in [9.17, 15) is 4.79 Å². The summed E-state index contributed by atoms with van der Waals surface area (Å²) in [5.41, 5.74) is 3.35. The van der Waals surface area contributed by atoms with Gasteiger partial charge >= 0.3 is 6.03 Å². The number of hydrogen-bond donors (Lipinski definition) is 2. The topological polar surface area (TPSA) is 81.7 Å². The molecule has 0 radical (unpaired) electrons. The molecular formula is C22H23N3O4. The fourth-order valence-corrected chi connectivity index (χ4v) is 2.86. The number of ether oxygens (including phenoxy) is 3. The monoisotopic (exact) mass is 393 g/mol. The van der Waals surface area contributed by atoms with E-state index in [1.54, 1.807) is 18.3 Å². The molecule has 0 bridgehead atoms. The van der Waals surface area contributed by atoms with Gasteiger partial charge in [-0.25, -0.2) is 4.79 Å². The van der Waals surface area contributed by atoms with Crippen molar-refractivity contribution in [2.45, 2.75) is 6.54 Å². The second kappa shape index (κ2) is 9.45. The van der Waals surface area contributed by atoms with Crippen LogP contribution in [0.1, 0.15) is 5.56 Å². The number of benzene rings is 2. The average molecular weight is 393 g/mol. The van der Waals surface area contributed by atoms with Gasteiger partial charge in [-0.3, -0.25) is 4.98 Å². The summed E-state index contributed by atoms with van der Waals surface area (Å²) in [6.45, 7) is 0.360. The van der Waals surface area contributed by atoms with Crippen molar-refractivity contribution in [1.82, 2.24) is 10.3 Å². The molecule has 2 amide bonds. The zero-order chi connectivity index (χ0) is 20.6. The van der Waals surface area contributed by atoms with Crippen LogP contribution in [-0.2, 0) is 6.54 Å². The normalized spacial score (nSPS) is 10.2. The molecule has 1 heterocycles. The van der Waals surface area contributed by atoms with Crippen molar-refractivity contribution < 1.29 is 19.0 Å². The van der Waals surface area contributed by atoms with Crippen molar-refractivity contribution in [2.24, 2.45) is 0 Å². The Balaban J connectivity index is 1.66. The first-order chi connectivity index (χ1) is 14.1. The number of methoxy groups -OCH3 is 3. The second-order valence-corrected chi connectivity index (χ2v) is 6.14. The number of urea groups is 1. The molecule has 0 aliphatic carbocycles. The number of amides is 2.